The predicted molar refractivity (Wildman–Crippen MR) is 171 cm³/mol. The molecule has 0 aromatic heterocycles. The number of carbonyl (C=O) groups is 5. The highest BCUT2D eigenvalue weighted by Gasteiger charge is 2.67. The minimum Gasteiger partial charge on any atom is -0.507 e. The number of fused-ring (bicyclic) bond motifs is 5. The molecule has 0 spiro atoms. The van der Waals surface area contributed by atoms with Crippen LogP contribution in [0.25, 0.3) is 0 Å². The van der Waals surface area contributed by atoms with Gasteiger partial charge >= 0.3 is 0 Å². The highest BCUT2D eigenvalue weighted by atomic mass is 16.7. The minimum absolute atomic E-state index is 0.0787. The molecule has 8 rings (SSSR count). The maximum Gasteiger partial charge on any atom is 0.198 e. The van der Waals surface area contributed by atoms with Gasteiger partial charge in [0.1, 0.15) is 35.8 Å². The van der Waals surface area contributed by atoms with Gasteiger partial charge in [0.25, 0.3) is 0 Å². The molecule has 272 valence electrons. The van der Waals surface area contributed by atoms with E-state index in [0.29, 0.717) is 0 Å². The van der Waals surface area contributed by atoms with E-state index < -0.39 is 107 Å². The summed E-state index contributed by atoms with van der Waals surface area (Å²) in [5.41, 5.74) is -7.70. The van der Waals surface area contributed by atoms with Gasteiger partial charge < -0.3 is 43.7 Å². The zero-order valence-corrected chi connectivity index (χ0v) is 28.6. The number of ether oxygens (including phenoxy) is 6. The molecule has 12 atom stereocenters. The average molecular weight is 709 g/mol. The molecule has 1 aromatic carbocycles. The third kappa shape index (κ3) is 5.17. The van der Waals surface area contributed by atoms with Crippen molar-refractivity contribution in [2.24, 2.45) is 0 Å². The number of aliphatic hydroxyl groups is 2. The number of Topliss-reactive ketones (excluding diaryl/α,β-unsaturated/α-hetero) is 5. The molecule has 0 bridgehead atoms. The number of allylic oxidation sites excluding steroid dienone is 2. The second-order valence-corrected chi connectivity index (χ2v) is 15.1. The lowest BCUT2D eigenvalue weighted by atomic mass is 9.57. The van der Waals surface area contributed by atoms with Gasteiger partial charge in [0.05, 0.1) is 35.0 Å². The van der Waals surface area contributed by atoms with Crippen molar-refractivity contribution in [3.05, 3.63) is 52.1 Å². The lowest BCUT2D eigenvalue weighted by molar-refractivity contribution is -0.347. The fraction of sp³-hybridized carbons (Fsp3) is 0.595. The highest BCUT2D eigenvalue weighted by Crippen LogP contribution is 2.53. The Labute approximate surface area is 292 Å². The first-order valence-electron chi connectivity index (χ1n) is 17.4. The Kier molecular flexibility index (Phi) is 7.99. The van der Waals surface area contributed by atoms with Crippen LogP contribution in [0.15, 0.2) is 35.4 Å². The van der Waals surface area contributed by atoms with Crippen molar-refractivity contribution in [1.82, 2.24) is 0 Å². The Morgan fingerprint density at radius 2 is 1.63 bits per heavy atom. The molecule has 14 nitrogen and oxygen atoms in total. The minimum atomic E-state index is -2.79. The molecule has 0 amide bonds. The Morgan fingerprint density at radius 3 is 2.37 bits per heavy atom. The molecule has 7 aliphatic rings. The normalized spacial score (nSPS) is 43.6. The summed E-state index contributed by atoms with van der Waals surface area (Å²) in [5, 5.41) is 35.6. The van der Waals surface area contributed by atoms with E-state index in [4.69, 9.17) is 28.4 Å². The summed E-state index contributed by atoms with van der Waals surface area (Å²) in [6.45, 7) is 6.62. The molecule has 51 heavy (non-hydrogen) atoms. The molecule has 1 saturated carbocycles. The maximum absolute atomic E-state index is 14.2. The molecule has 4 heterocycles. The third-order valence-electron chi connectivity index (χ3n) is 11.5. The Morgan fingerprint density at radius 1 is 0.882 bits per heavy atom. The van der Waals surface area contributed by atoms with Gasteiger partial charge in [0, 0.05) is 55.2 Å². The van der Waals surface area contributed by atoms with Crippen LogP contribution in [0, 0.1) is 0 Å². The third-order valence-corrected chi connectivity index (χ3v) is 11.5. The summed E-state index contributed by atoms with van der Waals surface area (Å²) in [6.07, 6.45) is -3.48. The summed E-state index contributed by atoms with van der Waals surface area (Å²) >= 11 is 0. The van der Waals surface area contributed by atoms with Crippen molar-refractivity contribution in [2.45, 2.75) is 138 Å². The first-order valence-corrected chi connectivity index (χ1v) is 17.4. The topological polar surface area (TPSA) is 201 Å². The molecular formula is C37H40O14. The Balaban J connectivity index is 1.06. The van der Waals surface area contributed by atoms with E-state index in [0.717, 1.165) is 6.08 Å². The van der Waals surface area contributed by atoms with Crippen molar-refractivity contribution < 1.29 is 67.7 Å². The largest absolute Gasteiger partial charge is 0.507 e. The van der Waals surface area contributed by atoms with Crippen LogP contribution in [-0.2, 0) is 42.8 Å². The molecule has 4 saturated heterocycles. The smallest absolute Gasteiger partial charge is 0.198 e. The van der Waals surface area contributed by atoms with Gasteiger partial charge in [-0.3, -0.25) is 24.0 Å². The van der Waals surface area contributed by atoms with Gasteiger partial charge in [-0.15, -0.1) is 0 Å². The number of benzene rings is 1. The number of hydrogen-bond donors (Lipinski definition) is 3. The van der Waals surface area contributed by atoms with E-state index in [1.54, 1.807) is 27.7 Å². The van der Waals surface area contributed by atoms with E-state index in [9.17, 15) is 39.3 Å². The summed E-state index contributed by atoms with van der Waals surface area (Å²) in [5.74, 6) is -3.31. The zero-order valence-electron chi connectivity index (χ0n) is 28.6. The molecule has 1 aromatic rings. The number of ketones is 5. The number of rotatable bonds is 3. The van der Waals surface area contributed by atoms with Gasteiger partial charge in [-0.1, -0.05) is 12.1 Å². The van der Waals surface area contributed by atoms with Gasteiger partial charge in [0.2, 0.25) is 0 Å². The molecule has 0 radical (unpaired) electrons. The average Bonchev–Trinajstić information content (AvgIpc) is 3.05. The summed E-state index contributed by atoms with van der Waals surface area (Å²) in [7, 11) is 0. The highest BCUT2D eigenvalue weighted by molar-refractivity contribution is 6.32. The van der Waals surface area contributed by atoms with Crippen LogP contribution in [0.2, 0.25) is 0 Å². The maximum atomic E-state index is 14.2. The molecule has 4 aliphatic heterocycles. The second kappa shape index (κ2) is 11.8. The van der Waals surface area contributed by atoms with E-state index in [1.165, 1.54) is 18.2 Å². The first-order chi connectivity index (χ1) is 24.0. The van der Waals surface area contributed by atoms with Crippen LogP contribution in [0.4, 0.5) is 0 Å². The number of aromatic hydroxyl groups is 1. The lowest BCUT2D eigenvalue weighted by Crippen LogP contribution is -2.69. The van der Waals surface area contributed by atoms with Gasteiger partial charge in [0.15, 0.2) is 47.1 Å². The van der Waals surface area contributed by atoms with Crippen LogP contribution < -0.4 is 0 Å². The monoisotopic (exact) mass is 708 g/mol. The van der Waals surface area contributed by atoms with Crippen molar-refractivity contribution in [3.8, 4) is 5.75 Å². The van der Waals surface area contributed by atoms with Crippen LogP contribution in [0.5, 0.6) is 5.75 Å². The van der Waals surface area contributed by atoms with E-state index >= 15 is 0 Å². The van der Waals surface area contributed by atoms with E-state index in [2.05, 4.69) is 0 Å². The Hall–Kier alpha value is -3.47. The zero-order chi connectivity index (χ0) is 36.4. The lowest BCUT2D eigenvalue weighted by Gasteiger charge is -2.53. The van der Waals surface area contributed by atoms with Crippen LogP contribution in [-0.4, -0.2) is 110 Å². The molecule has 14 heteroatoms. The Bertz CT molecular complexity index is 1830. The van der Waals surface area contributed by atoms with Crippen LogP contribution in [0.1, 0.15) is 98.6 Å². The van der Waals surface area contributed by atoms with E-state index in [-0.39, 0.29) is 65.9 Å². The fourth-order valence-electron chi connectivity index (χ4n) is 8.87. The fourth-order valence-corrected chi connectivity index (χ4v) is 8.87. The van der Waals surface area contributed by atoms with Gasteiger partial charge in [-0.2, -0.15) is 0 Å². The number of phenols is 1. The SMILES string of the molecule is CC1OC(OC2(C)CC(=O)C3(O)C4=C(C=CC3(O)C2)C(=O)c2c(ccc(C3CC5OC6CC(=O)C(C)OC6OC5C(C)O3)c2O)C4=O)CCC1=O. The summed E-state index contributed by atoms with van der Waals surface area (Å²) in [4.78, 5) is 66.4. The van der Waals surface area contributed by atoms with Crippen LogP contribution in [0.3, 0.4) is 0 Å². The summed E-state index contributed by atoms with van der Waals surface area (Å²) in [6, 6.07) is 2.78. The second-order valence-electron chi connectivity index (χ2n) is 15.1. The molecule has 5 fully saturated rings. The van der Waals surface area contributed by atoms with E-state index in [1.807, 2.05) is 0 Å². The van der Waals surface area contributed by atoms with Gasteiger partial charge in [-0.25, -0.2) is 0 Å². The van der Waals surface area contributed by atoms with Crippen molar-refractivity contribution in [3.63, 3.8) is 0 Å². The first kappa shape index (κ1) is 34.6. The molecular weight excluding hydrogens is 668 g/mol. The molecule has 3 N–H and O–H groups in total. The molecule has 3 aliphatic carbocycles. The number of phenolic OH excluding ortho intramolecular Hbond substituents is 1. The standard InChI is InChI=1S/C37H40O14/c1-15-21(38)7-8-27(47-15)51-35(4)13-26(40)37(45)29-20(9-10-36(37,44)14-35)31(42)28-19(32(29)43)6-5-18(30(28)41)23-12-24-33(17(3)46-23)50-34-25(49-24)11-22(39)16(2)48-34/h5-6,9-10,15-17,23-25,27,33-34,41,44-45H,7-8,11-14H2,1-4H3. The summed E-state index contributed by atoms with van der Waals surface area (Å²) < 4.78 is 36.1. The number of carbonyl (C=O) groups excluding carboxylic acids is 5. The van der Waals surface area contributed by atoms with Crippen molar-refractivity contribution in [1.29, 1.82) is 0 Å². The van der Waals surface area contributed by atoms with Crippen molar-refractivity contribution in [2.75, 3.05) is 0 Å². The quantitative estimate of drug-likeness (QED) is 0.412. The number of hydrogen-bond acceptors (Lipinski definition) is 14. The van der Waals surface area contributed by atoms with Gasteiger partial charge in [-0.05, 0) is 39.8 Å². The predicted octanol–water partition coefficient (Wildman–Crippen LogP) is 2.04. The molecule has 12 unspecified atom stereocenters. The van der Waals surface area contributed by atoms with Crippen molar-refractivity contribution >= 4 is 28.9 Å². The van der Waals surface area contributed by atoms with Crippen LogP contribution >= 0.6 is 0 Å².